The molecule has 0 aromatic carbocycles. The minimum atomic E-state index is -0.955. The first kappa shape index (κ1) is 15.8. The number of carbonyl (C=O) groups is 1. The van der Waals surface area contributed by atoms with Gasteiger partial charge in [0.1, 0.15) is 0 Å². The molecule has 0 spiro atoms. The van der Waals surface area contributed by atoms with Crippen molar-refractivity contribution in [2.45, 2.75) is 6.54 Å². The molecule has 5 nitrogen and oxygen atoms in total. The first-order chi connectivity index (χ1) is 9.17. The van der Waals surface area contributed by atoms with Crippen LogP contribution in [0.4, 0.5) is 0 Å². The van der Waals surface area contributed by atoms with Crippen molar-refractivity contribution in [2.24, 2.45) is 0 Å². The van der Waals surface area contributed by atoms with Gasteiger partial charge >= 0.3 is 5.97 Å². The molecule has 0 atom stereocenters. The fourth-order valence-corrected chi connectivity index (χ4v) is 2.53. The second-order valence-corrected chi connectivity index (χ2v) is 4.96. The van der Waals surface area contributed by atoms with Crippen LogP contribution in [0.3, 0.4) is 0 Å². The zero-order valence-electron chi connectivity index (χ0n) is 10.9. The summed E-state index contributed by atoms with van der Waals surface area (Å²) in [6.45, 7) is 2.68. The number of nitrogens with zero attached hydrogens (tertiary/aromatic N) is 1. The molecule has 1 rings (SSSR count). The number of hydrogen-bond acceptors (Lipinski definition) is 5. The molecular formula is C13H19NO4S. The van der Waals surface area contributed by atoms with Crippen LogP contribution in [0.5, 0.6) is 0 Å². The molecule has 0 bridgehead atoms. The van der Waals surface area contributed by atoms with Gasteiger partial charge in [-0.05, 0) is 23.1 Å². The van der Waals surface area contributed by atoms with Crippen LogP contribution < -0.4 is 0 Å². The van der Waals surface area contributed by atoms with Gasteiger partial charge in [-0.3, -0.25) is 4.90 Å². The lowest BCUT2D eigenvalue weighted by Gasteiger charge is -2.20. The summed E-state index contributed by atoms with van der Waals surface area (Å²) >= 11 is 1.58. The zero-order chi connectivity index (χ0) is 14.1. The van der Waals surface area contributed by atoms with Crippen LogP contribution in [-0.2, 0) is 16.1 Å². The van der Waals surface area contributed by atoms with E-state index in [4.69, 9.17) is 14.9 Å². The monoisotopic (exact) mass is 285 g/mol. The molecule has 0 amide bonds. The average Bonchev–Trinajstić information content (AvgIpc) is 2.81. The first-order valence-corrected chi connectivity index (χ1v) is 6.85. The molecule has 0 fully saturated rings. The molecule has 1 heterocycles. The highest BCUT2D eigenvalue weighted by molar-refractivity contribution is 7.10. The van der Waals surface area contributed by atoms with Crippen LogP contribution in [0.15, 0.2) is 17.5 Å². The first-order valence-electron chi connectivity index (χ1n) is 5.97. The predicted molar refractivity (Wildman–Crippen MR) is 75.2 cm³/mol. The number of aliphatic hydroxyl groups excluding tert-OH is 1. The van der Waals surface area contributed by atoms with Gasteiger partial charge < -0.3 is 14.9 Å². The van der Waals surface area contributed by atoms with E-state index < -0.39 is 5.97 Å². The van der Waals surface area contributed by atoms with Crippen molar-refractivity contribution >= 4 is 23.4 Å². The maximum atomic E-state index is 10.5. The third-order valence-corrected chi connectivity index (χ3v) is 3.50. The lowest BCUT2D eigenvalue weighted by atomic mass is 10.2. The van der Waals surface area contributed by atoms with Crippen LogP contribution in [0.1, 0.15) is 10.4 Å². The van der Waals surface area contributed by atoms with Crippen LogP contribution in [0.25, 0.3) is 6.08 Å². The Labute approximate surface area is 116 Å². The number of ether oxygens (including phenoxy) is 1. The Hall–Kier alpha value is -1.21. The summed E-state index contributed by atoms with van der Waals surface area (Å²) in [6.07, 6.45) is 2.73. The van der Waals surface area contributed by atoms with Crippen molar-refractivity contribution in [3.05, 3.63) is 28.0 Å². The summed E-state index contributed by atoms with van der Waals surface area (Å²) in [5, 5.41) is 19.6. The van der Waals surface area contributed by atoms with Crippen molar-refractivity contribution in [3.8, 4) is 0 Å². The standard InChI is InChI=1S/C13H19NO4S/c1-18-8-6-14(5-7-15)10-12-11(4-9-19-12)2-3-13(16)17/h2-4,9,15H,5-8,10H2,1H3,(H,16,17)/b3-2+. The van der Waals surface area contributed by atoms with Crippen molar-refractivity contribution in [1.29, 1.82) is 0 Å². The largest absolute Gasteiger partial charge is 0.478 e. The maximum Gasteiger partial charge on any atom is 0.328 e. The van der Waals surface area contributed by atoms with Crippen LogP contribution in [0, 0.1) is 0 Å². The minimum absolute atomic E-state index is 0.0926. The number of carboxylic acids is 1. The third-order valence-electron chi connectivity index (χ3n) is 2.58. The van der Waals surface area contributed by atoms with Crippen molar-refractivity contribution in [2.75, 3.05) is 33.4 Å². The van der Waals surface area contributed by atoms with Crippen molar-refractivity contribution in [3.63, 3.8) is 0 Å². The van der Waals surface area contributed by atoms with Crippen LogP contribution in [0.2, 0.25) is 0 Å². The number of rotatable bonds is 9. The quantitative estimate of drug-likeness (QED) is 0.669. The lowest BCUT2D eigenvalue weighted by Crippen LogP contribution is -2.29. The molecule has 1 aromatic rings. The summed E-state index contributed by atoms with van der Waals surface area (Å²) in [7, 11) is 1.64. The Morgan fingerprint density at radius 3 is 2.95 bits per heavy atom. The summed E-state index contributed by atoms with van der Waals surface area (Å²) in [5.74, 6) is -0.955. The SMILES string of the molecule is COCCN(CCO)Cc1sccc1/C=C/C(=O)O. The molecule has 0 aliphatic carbocycles. The molecule has 1 aromatic heterocycles. The predicted octanol–water partition coefficient (Wildman–Crippen LogP) is 1.29. The Balaban J connectivity index is 2.67. The highest BCUT2D eigenvalue weighted by Gasteiger charge is 2.09. The van der Waals surface area contributed by atoms with Gasteiger partial charge in [-0.1, -0.05) is 0 Å². The van der Waals surface area contributed by atoms with Gasteiger partial charge in [0, 0.05) is 37.7 Å². The molecule has 106 valence electrons. The molecule has 6 heteroatoms. The molecule has 2 N–H and O–H groups in total. The Morgan fingerprint density at radius 2 is 2.32 bits per heavy atom. The fourth-order valence-electron chi connectivity index (χ4n) is 1.62. The van der Waals surface area contributed by atoms with E-state index in [0.717, 1.165) is 23.1 Å². The smallest absolute Gasteiger partial charge is 0.328 e. The number of thiophene rings is 1. The van der Waals surface area contributed by atoms with E-state index in [2.05, 4.69) is 4.90 Å². The van der Waals surface area contributed by atoms with E-state index in [9.17, 15) is 4.79 Å². The molecule has 0 aliphatic rings. The third kappa shape index (κ3) is 5.98. The van der Waals surface area contributed by atoms with Gasteiger partial charge in [0.15, 0.2) is 0 Å². The van der Waals surface area contributed by atoms with E-state index in [1.807, 2.05) is 11.4 Å². The maximum absolute atomic E-state index is 10.5. The summed E-state index contributed by atoms with van der Waals surface area (Å²) in [6, 6.07) is 1.90. The highest BCUT2D eigenvalue weighted by Crippen LogP contribution is 2.20. The average molecular weight is 285 g/mol. The topological polar surface area (TPSA) is 70.0 Å². The van der Waals surface area contributed by atoms with Gasteiger partial charge in [0.2, 0.25) is 0 Å². The van der Waals surface area contributed by atoms with E-state index in [1.165, 1.54) is 0 Å². The Morgan fingerprint density at radius 1 is 1.53 bits per heavy atom. The fraction of sp³-hybridized carbons (Fsp3) is 0.462. The van der Waals surface area contributed by atoms with E-state index >= 15 is 0 Å². The molecule has 0 unspecified atom stereocenters. The van der Waals surface area contributed by atoms with Crippen LogP contribution >= 0.6 is 11.3 Å². The lowest BCUT2D eigenvalue weighted by molar-refractivity contribution is -0.131. The normalized spacial score (nSPS) is 11.5. The molecule has 0 saturated heterocycles. The minimum Gasteiger partial charge on any atom is -0.478 e. The van der Waals surface area contributed by atoms with Gasteiger partial charge in [0.05, 0.1) is 13.2 Å². The number of hydrogen-bond donors (Lipinski definition) is 2. The second kappa shape index (κ2) is 8.82. The van der Waals surface area contributed by atoms with Gasteiger partial charge in [0.25, 0.3) is 0 Å². The number of aliphatic hydroxyl groups is 1. The number of methoxy groups -OCH3 is 1. The summed E-state index contributed by atoms with van der Waals surface area (Å²) < 4.78 is 5.04. The van der Waals surface area contributed by atoms with Gasteiger partial charge in [-0.25, -0.2) is 4.79 Å². The number of carboxylic acid groups (broad SMARTS) is 1. The summed E-state index contributed by atoms with van der Waals surface area (Å²) in [4.78, 5) is 13.7. The molecule has 19 heavy (non-hydrogen) atoms. The molecule has 0 aliphatic heterocycles. The molecule has 0 radical (unpaired) electrons. The van der Waals surface area contributed by atoms with E-state index in [0.29, 0.717) is 19.7 Å². The van der Waals surface area contributed by atoms with Gasteiger partial charge in [-0.2, -0.15) is 0 Å². The summed E-state index contributed by atoms with van der Waals surface area (Å²) in [5.41, 5.74) is 0.910. The Bertz CT molecular complexity index is 417. The Kier molecular flexibility index (Phi) is 7.35. The van der Waals surface area contributed by atoms with Gasteiger partial charge in [-0.15, -0.1) is 11.3 Å². The van der Waals surface area contributed by atoms with Crippen molar-refractivity contribution in [1.82, 2.24) is 4.90 Å². The van der Waals surface area contributed by atoms with Crippen molar-refractivity contribution < 1.29 is 19.7 Å². The highest BCUT2D eigenvalue weighted by atomic mass is 32.1. The zero-order valence-corrected chi connectivity index (χ0v) is 11.7. The molecular weight excluding hydrogens is 266 g/mol. The van der Waals surface area contributed by atoms with E-state index in [1.54, 1.807) is 24.5 Å². The van der Waals surface area contributed by atoms with E-state index in [-0.39, 0.29) is 6.61 Å². The number of aliphatic carboxylic acids is 1. The second-order valence-electron chi connectivity index (χ2n) is 3.96. The van der Waals surface area contributed by atoms with Crippen LogP contribution in [-0.4, -0.2) is 54.5 Å². The molecule has 0 saturated carbocycles.